The van der Waals surface area contributed by atoms with Gasteiger partial charge in [0, 0.05) is 36.6 Å². The topological polar surface area (TPSA) is 80.2 Å². The fraction of sp³-hybridized carbons (Fsp3) is 0.286. The van der Waals surface area contributed by atoms with E-state index in [-0.39, 0.29) is 30.8 Å². The molecule has 1 aromatic carbocycles. The number of rotatable bonds is 1. The first-order valence-electron chi connectivity index (χ1n) is 6.83. The molecule has 2 aromatic heterocycles. The van der Waals surface area contributed by atoms with Gasteiger partial charge in [0.15, 0.2) is 11.4 Å². The standard InChI is InChI=1S/C14H14ClN5O.2ClH/c15-8-1-2-10-9(7-8)11-12(21-10)13(19-14(16)18-11)20-5-3-17-4-6-20;;/h1-2,7,17H,3-6H2,(H2,16,18,19);2*1H. The summed E-state index contributed by atoms with van der Waals surface area (Å²) in [4.78, 5) is 10.9. The molecule has 9 heteroatoms. The Morgan fingerprint density at radius 2 is 1.91 bits per heavy atom. The highest BCUT2D eigenvalue weighted by Gasteiger charge is 2.21. The minimum absolute atomic E-state index is 0. The minimum Gasteiger partial charge on any atom is -0.450 e. The second kappa shape index (κ2) is 6.97. The zero-order valence-electron chi connectivity index (χ0n) is 12.1. The molecule has 1 aliphatic rings. The maximum atomic E-state index is 6.07. The van der Waals surface area contributed by atoms with Crippen molar-refractivity contribution in [2.75, 3.05) is 36.8 Å². The quantitative estimate of drug-likeness (QED) is 0.680. The second-order valence-electron chi connectivity index (χ2n) is 5.06. The molecule has 3 N–H and O–H groups in total. The SMILES string of the molecule is Cl.Cl.Nc1nc(N2CCNCC2)c2oc3ccc(Cl)cc3c2n1. The first kappa shape index (κ1) is 17.9. The van der Waals surface area contributed by atoms with Crippen LogP contribution >= 0.6 is 36.4 Å². The molecule has 3 aromatic rings. The molecule has 3 heterocycles. The lowest BCUT2D eigenvalue weighted by atomic mass is 10.2. The summed E-state index contributed by atoms with van der Waals surface area (Å²) >= 11 is 6.07. The molecule has 1 saturated heterocycles. The molecule has 6 nitrogen and oxygen atoms in total. The number of hydrogen-bond acceptors (Lipinski definition) is 6. The van der Waals surface area contributed by atoms with Crippen molar-refractivity contribution in [2.45, 2.75) is 0 Å². The Balaban J connectivity index is 0.000000960. The first-order valence-corrected chi connectivity index (χ1v) is 7.21. The third-order valence-electron chi connectivity index (χ3n) is 3.69. The molecular weight excluding hydrogens is 361 g/mol. The Bertz CT molecular complexity index is 832. The Kier molecular flexibility index (Phi) is 5.41. The summed E-state index contributed by atoms with van der Waals surface area (Å²) in [5, 5.41) is 4.83. The van der Waals surface area contributed by atoms with E-state index < -0.39 is 0 Å². The van der Waals surface area contributed by atoms with Gasteiger partial charge in [-0.05, 0) is 18.2 Å². The van der Waals surface area contributed by atoms with E-state index in [0.717, 1.165) is 43.0 Å². The number of anilines is 2. The largest absolute Gasteiger partial charge is 0.450 e. The maximum absolute atomic E-state index is 6.07. The van der Waals surface area contributed by atoms with Crippen LogP contribution in [0.4, 0.5) is 11.8 Å². The number of nitrogens with zero attached hydrogens (tertiary/aromatic N) is 3. The van der Waals surface area contributed by atoms with Crippen LogP contribution in [0.15, 0.2) is 22.6 Å². The summed E-state index contributed by atoms with van der Waals surface area (Å²) in [7, 11) is 0. The van der Waals surface area contributed by atoms with Crippen LogP contribution in [0, 0.1) is 0 Å². The highest BCUT2D eigenvalue weighted by Crippen LogP contribution is 2.34. The summed E-state index contributed by atoms with van der Waals surface area (Å²) in [5.74, 6) is 1.00. The lowest BCUT2D eigenvalue weighted by Crippen LogP contribution is -2.44. The molecule has 0 saturated carbocycles. The van der Waals surface area contributed by atoms with E-state index in [1.807, 2.05) is 12.1 Å². The third kappa shape index (κ3) is 3.12. The van der Waals surface area contributed by atoms with E-state index in [9.17, 15) is 0 Å². The summed E-state index contributed by atoms with van der Waals surface area (Å²) in [6, 6.07) is 5.49. The van der Waals surface area contributed by atoms with Crippen LogP contribution in [0.1, 0.15) is 0 Å². The lowest BCUT2D eigenvalue weighted by Gasteiger charge is -2.28. The van der Waals surface area contributed by atoms with Crippen molar-refractivity contribution in [1.82, 2.24) is 15.3 Å². The molecule has 124 valence electrons. The van der Waals surface area contributed by atoms with Gasteiger partial charge in [-0.15, -0.1) is 24.8 Å². The van der Waals surface area contributed by atoms with Gasteiger partial charge < -0.3 is 20.4 Å². The van der Waals surface area contributed by atoms with Gasteiger partial charge in [-0.2, -0.15) is 4.98 Å². The van der Waals surface area contributed by atoms with Gasteiger partial charge >= 0.3 is 0 Å². The highest BCUT2D eigenvalue weighted by atomic mass is 35.5. The molecule has 0 radical (unpaired) electrons. The predicted molar refractivity (Wildman–Crippen MR) is 98.3 cm³/mol. The average Bonchev–Trinajstić information content (AvgIpc) is 2.85. The Labute approximate surface area is 150 Å². The molecular formula is C14H16Cl3N5O. The van der Waals surface area contributed by atoms with Crippen LogP contribution in [-0.4, -0.2) is 36.1 Å². The monoisotopic (exact) mass is 375 g/mol. The molecule has 0 unspecified atom stereocenters. The number of nitrogens with two attached hydrogens (primary N) is 1. The fourth-order valence-corrected chi connectivity index (χ4v) is 2.88. The summed E-state index contributed by atoms with van der Waals surface area (Å²) in [6.07, 6.45) is 0. The average molecular weight is 377 g/mol. The lowest BCUT2D eigenvalue weighted by molar-refractivity contribution is 0.580. The van der Waals surface area contributed by atoms with Gasteiger partial charge in [0.2, 0.25) is 5.95 Å². The highest BCUT2D eigenvalue weighted by molar-refractivity contribution is 6.31. The van der Waals surface area contributed by atoms with Crippen LogP contribution in [0.3, 0.4) is 0 Å². The van der Waals surface area contributed by atoms with Crippen LogP contribution < -0.4 is 16.0 Å². The normalized spacial score (nSPS) is 14.6. The van der Waals surface area contributed by atoms with E-state index in [2.05, 4.69) is 20.2 Å². The van der Waals surface area contributed by atoms with Gasteiger partial charge in [-0.1, -0.05) is 11.6 Å². The van der Waals surface area contributed by atoms with Crippen LogP contribution in [-0.2, 0) is 0 Å². The summed E-state index contributed by atoms with van der Waals surface area (Å²) < 4.78 is 5.95. The Hall–Kier alpha value is -1.47. The number of furan rings is 1. The van der Waals surface area contributed by atoms with Gasteiger partial charge in [0.25, 0.3) is 0 Å². The number of aromatic nitrogens is 2. The van der Waals surface area contributed by atoms with Crippen molar-refractivity contribution in [1.29, 1.82) is 0 Å². The smallest absolute Gasteiger partial charge is 0.222 e. The zero-order chi connectivity index (χ0) is 14.4. The van der Waals surface area contributed by atoms with Crippen molar-refractivity contribution >= 4 is 70.3 Å². The molecule has 0 aliphatic carbocycles. The van der Waals surface area contributed by atoms with Crippen molar-refractivity contribution in [3.8, 4) is 0 Å². The van der Waals surface area contributed by atoms with Gasteiger partial charge in [-0.25, -0.2) is 4.98 Å². The number of benzene rings is 1. The van der Waals surface area contributed by atoms with Crippen molar-refractivity contribution in [3.63, 3.8) is 0 Å². The molecule has 0 bridgehead atoms. The maximum Gasteiger partial charge on any atom is 0.222 e. The molecule has 0 spiro atoms. The second-order valence-corrected chi connectivity index (χ2v) is 5.50. The van der Waals surface area contributed by atoms with E-state index in [1.54, 1.807) is 6.07 Å². The summed E-state index contributed by atoms with van der Waals surface area (Å²) in [6.45, 7) is 3.56. The van der Waals surface area contributed by atoms with Crippen molar-refractivity contribution < 1.29 is 4.42 Å². The molecule has 4 rings (SSSR count). The Morgan fingerprint density at radius 1 is 1.17 bits per heavy atom. The fourth-order valence-electron chi connectivity index (χ4n) is 2.71. The van der Waals surface area contributed by atoms with E-state index in [1.165, 1.54) is 0 Å². The van der Waals surface area contributed by atoms with Gasteiger partial charge in [0.05, 0.1) is 0 Å². The summed E-state index contributed by atoms with van der Waals surface area (Å²) in [5.41, 5.74) is 8.01. The molecule has 23 heavy (non-hydrogen) atoms. The molecule has 0 amide bonds. The Morgan fingerprint density at radius 3 is 2.65 bits per heavy atom. The molecule has 0 atom stereocenters. The first-order chi connectivity index (χ1) is 10.2. The van der Waals surface area contributed by atoms with E-state index >= 15 is 0 Å². The molecule has 1 fully saturated rings. The van der Waals surface area contributed by atoms with Crippen LogP contribution in [0.5, 0.6) is 0 Å². The minimum atomic E-state index is 0. The van der Waals surface area contributed by atoms with Crippen LogP contribution in [0.2, 0.25) is 5.02 Å². The van der Waals surface area contributed by atoms with Crippen molar-refractivity contribution in [2.24, 2.45) is 0 Å². The predicted octanol–water partition coefficient (Wildman–Crippen LogP) is 2.86. The van der Waals surface area contributed by atoms with E-state index in [4.69, 9.17) is 21.8 Å². The number of nitrogen functional groups attached to an aromatic ring is 1. The number of piperazine rings is 1. The van der Waals surface area contributed by atoms with Crippen LogP contribution in [0.25, 0.3) is 22.1 Å². The van der Waals surface area contributed by atoms with Crippen molar-refractivity contribution in [3.05, 3.63) is 23.2 Å². The number of hydrogen-bond donors (Lipinski definition) is 2. The number of fused-ring (bicyclic) bond motifs is 3. The number of nitrogens with one attached hydrogen (secondary N) is 1. The molecule has 1 aliphatic heterocycles. The van der Waals surface area contributed by atoms with Gasteiger partial charge in [0.1, 0.15) is 11.1 Å². The zero-order valence-corrected chi connectivity index (χ0v) is 14.5. The number of halogens is 3. The van der Waals surface area contributed by atoms with Gasteiger partial charge in [-0.3, -0.25) is 0 Å². The third-order valence-corrected chi connectivity index (χ3v) is 3.93. The van der Waals surface area contributed by atoms with E-state index in [0.29, 0.717) is 16.1 Å².